The van der Waals surface area contributed by atoms with Crippen molar-refractivity contribution in [2.75, 3.05) is 16.5 Å². The van der Waals surface area contributed by atoms with Crippen LogP contribution >= 0.6 is 0 Å². The average molecular weight is 945 g/mol. The highest BCUT2D eigenvalue weighted by Gasteiger charge is 2.33. The van der Waals surface area contributed by atoms with Crippen molar-refractivity contribution in [3.63, 3.8) is 0 Å². The van der Waals surface area contributed by atoms with Gasteiger partial charge in [-0.15, -0.1) is 0 Å². The maximum absolute atomic E-state index is 6.93. The van der Waals surface area contributed by atoms with Gasteiger partial charge in [0, 0.05) is 45.3 Å². The van der Waals surface area contributed by atoms with Crippen LogP contribution in [0.15, 0.2) is 218 Å². The standard InChI is InChI=1S/C68H56N4O/c1-67(2,3)49-32-29-44(30-33-49)46-31-36-61-58(38-46)56-35-34-53-42-64(56)72(61)65-28-16-25-60(69-65)48-20-14-19-47(37-48)54-23-10-11-24-55(54)59-40-50(68(4,5)6)39-57(45-17-8-7-9-18-45)66(59)71-43-70(62-26-12-13-27-63(62)71)51-21-15-22-52(41-51)73-53/h7-42H,43H2,1-6H3. The molecule has 0 saturated carbocycles. The fraction of sp³-hybridized carbons (Fsp3) is 0.132. The molecule has 10 bridgehead atoms. The molecule has 2 aliphatic heterocycles. The summed E-state index contributed by atoms with van der Waals surface area (Å²) in [7, 11) is 0. The Kier molecular flexibility index (Phi) is 10.3. The lowest BCUT2D eigenvalue weighted by atomic mass is 9.81. The van der Waals surface area contributed by atoms with E-state index in [1.807, 2.05) is 0 Å². The van der Waals surface area contributed by atoms with E-state index < -0.39 is 0 Å². The molecule has 11 aromatic rings. The molecular formula is C68H56N4O. The monoisotopic (exact) mass is 944 g/mol. The summed E-state index contributed by atoms with van der Waals surface area (Å²) in [5.41, 5.74) is 20.4. The summed E-state index contributed by atoms with van der Waals surface area (Å²) in [6, 6.07) is 79.7. The first-order chi connectivity index (χ1) is 35.4. The Hall–Kier alpha value is -8.67. The first-order valence-electron chi connectivity index (χ1n) is 25.5. The highest BCUT2D eigenvalue weighted by atomic mass is 16.5. The zero-order valence-corrected chi connectivity index (χ0v) is 42.2. The van der Waals surface area contributed by atoms with Gasteiger partial charge < -0.3 is 14.5 Å². The van der Waals surface area contributed by atoms with Gasteiger partial charge >= 0.3 is 0 Å². The number of fused-ring (bicyclic) bond motifs is 23. The van der Waals surface area contributed by atoms with Crippen LogP contribution in [0.2, 0.25) is 0 Å². The Labute approximate surface area is 428 Å². The van der Waals surface area contributed by atoms with Gasteiger partial charge in [-0.05, 0) is 134 Å². The number of hydrogen-bond donors (Lipinski definition) is 0. The average Bonchev–Trinajstić information content (AvgIpc) is 3.96. The summed E-state index contributed by atoms with van der Waals surface area (Å²) in [6.45, 7) is 14.3. The van der Waals surface area contributed by atoms with Crippen LogP contribution in [0.5, 0.6) is 11.5 Å². The molecule has 5 nitrogen and oxygen atoms in total. The third-order valence-corrected chi connectivity index (χ3v) is 14.9. The maximum atomic E-state index is 6.93. The fourth-order valence-electron chi connectivity index (χ4n) is 11.1. The molecule has 9 aromatic carbocycles. The molecule has 354 valence electrons. The summed E-state index contributed by atoms with van der Waals surface area (Å²) < 4.78 is 9.23. The summed E-state index contributed by atoms with van der Waals surface area (Å²) in [5.74, 6) is 2.35. The van der Waals surface area contributed by atoms with Crippen LogP contribution < -0.4 is 14.5 Å². The Morgan fingerprint density at radius 3 is 1.85 bits per heavy atom. The second-order valence-corrected chi connectivity index (χ2v) is 21.7. The number of benzene rings is 9. The van der Waals surface area contributed by atoms with Crippen LogP contribution in [-0.4, -0.2) is 16.2 Å². The molecule has 2 aromatic heterocycles. The minimum Gasteiger partial charge on any atom is -0.457 e. The number of para-hydroxylation sites is 2. The van der Waals surface area contributed by atoms with E-state index in [1.54, 1.807) is 0 Å². The maximum Gasteiger partial charge on any atom is 0.138 e. The van der Waals surface area contributed by atoms with Crippen molar-refractivity contribution in [3.05, 3.63) is 230 Å². The van der Waals surface area contributed by atoms with E-state index in [2.05, 4.69) is 274 Å². The van der Waals surface area contributed by atoms with Gasteiger partial charge in [0.2, 0.25) is 0 Å². The lowest BCUT2D eigenvalue weighted by Crippen LogP contribution is -2.25. The lowest BCUT2D eigenvalue weighted by Gasteiger charge is -2.31. The molecule has 0 saturated heterocycles. The smallest absolute Gasteiger partial charge is 0.138 e. The molecule has 0 amide bonds. The highest BCUT2D eigenvalue weighted by Crippen LogP contribution is 2.53. The number of anilines is 4. The van der Waals surface area contributed by atoms with Gasteiger partial charge in [-0.1, -0.05) is 169 Å². The largest absolute Gasteiger partial charge is 0.457 e. The first kappa shape index (κ1) is 44.3. The Balaban J connectivity index is 1.06. The zero-order valence-electron chi connectivity index (χ0n) is 42.2. The van der Waals surface area contributed by atoms with E-state index in [0.717, 1.165) is 78.6 Å². The van der Waals surface area contributed by atoms with Crippen molar-refractivity contribution < 1.29 is 4.74 Å². The number of ether oxygens (including phenoxy) is 1. The van der Waals surface area contributed by atoms with E-state index in [-0.39, 0.29) is 10.8 Å². The van der Waals surface area contributed by atoms with E-state index in [1.165, 1.54) is 50.2 Å². The van der Waals surface area contributed by atoms with Crippen LogP contribution in [0, 0.1) is 0 Å². The van der Waals surface area contributed by atoms with E-state index in [9.17, 15) is 0 Å². The van der Waals surface area contributed by atoms with Gasteiger partial charge in [0.15, 0.2) is 0 Å². The van der Waals surface area contributed by atoms with E-state index in [0.29, 0.717) is 6.67 Å². The number of pyridine rings is 1. The van der Waals surface area contributed by atoms with Gasteiger partial charge in [-0.25, -0.2) is 4.98 Å². The lowest BCUT2D eigenvalue weighted by molar-refractivity contribution is 0.483. The molecule has 0 unspecified atom stereocenters. The fourth-order valence-corrected chi connectivity index (χ4v) is 11.1. The van der Waals surface area contributed by atoms with Crippen LogP contribution in [0.3, 0.4) is 0 Å². The van der Waals surface area contributed by atoms with Gasteiger partial charge in [0.25, 0.3) is 0 Å². The van der Waals surface area contributed by atoms with Crippen molar-refractivity contribution in [2.45, 2.75) is 52.4 Å². The van der Waals surface area contributed by atoms with Crippen LogP contribution in [0.1, 0.15) is 52.7 Å². The van der Waals surface area contributed by atoms with E-state index >= 15 is 0 Å². The SMILES string of the molecule is CC(C)(C)c1ccc(-c2ccc3c(c2)c2ccc4cc2n3-c2cccc(n2)-c2cccc(c2)-c2ccccc2-c2cc(C(C)(C)C)cc(-c3ccccc3)c2N2CN(c3cccc(c3)O4)c3ccccc32)cc1. The molecule has 0 radical (unpaired) electrons. The van der Waals surface area contributed by atoms with Crippen molar-refractivity contribution >= 4 is 44.6 Å². The molecule has 73 heavy (non-hydrogen) atoms. The summed E-state index contributed by atoms with van der Waals surface area (Å²) in [4.78, 5) is 10.5. The van der Waals surface area contributed by atoms with E-state index in [4.69, 9.17) is 9.72 Å². The predicted octanol–water partition coefficient (Wildman–Crippen LogP) is 18.5. The zero-order chi connectivity index (χ0) is 49.6. The second-order valence-electron chi connectivity index (χ2n) is 21.7. The van der Waals surface area contributed by atoms with Gasteiger partial charge in [0.1, 0.15) is 24.0 Å². The predicted molar refractivity (Wildman–Crippen MR) is 305 cm³/mol. The van der Waals surface area contributed by atoms with Gasteiger partial charge in [-0.2, -0.15) is 0 Å². The number of hydrogen-bond acceptors (Lipinski definition) is 4. The number of rotatable bonds is 2. The summed E-state index contributed by atoms with van der Waals surface area (Å²) >= 11 is 0. The van der Waals surface area contributed by atoms with Crippen LogP contribution in [-0.2, 0) is 10.8 Å². The molecular weight excluding hydrogens is 889 g/mol. The minimum absolute atomic E-state index is 0.0786. The Morgan fingerprint density at radius 2 is 1.05 bits per heavy atom. The Morgan fingerprint density at radius 1 is 0.397 bits per heavy atom. The van der Waals surface area contributed by atoms with Crippen molar-refractivity contribution in [1.82, 2.24) is 9.55 Å². The molecule has 0 atom stereocenters. The third-order valence-electron chi connectivity index (χ3n) is 14.9. The normalized spacial score (nSPS) is 13.1. The van der Waals surface area contributed by atoms with Crippen molar-refractivity contribution in [2.24, 2.45) is 0 Å². The van der Waals surface area contributed by atoms with Crippen LogP contribution in [0.4, 0.5) is 22.7 Å². The highest BCUT2D eigenvalue weighted by molar-refractivity contribution is 6.11. The minimum atomic E-state index is -0.127. The quantitative estimate of drug-likeness (QED) is 0.173. The molecule has 0 aliphatic carbocycles. The summed E-state index contributed by atoms with van der Waals surface area (Å²) in [6.07, 6.45) is 0. The third kappa shape index (κ3) is 7.75. The van der Waals surface area contributed by atoms with Gasteiger partial charge in [-0.3, -0.25) is 4.57 Å². The second kappa shape index (κ2) is 17.0. The molecule has 4 heterocycles. The molecule has 2 aliphatic rings. The van der Waals surface area contributed by atoms with Crippen LogP contribution in [0.25, 0.3) is 83.4 Å². The summed E-state index contributed by atoms with van der Waals surface area (Å²) in [5, 5.41) is 2.29. The molecule has 5 heteroatoms. The molecule has 0 fully saturated rings. The Bertz CT molecular complexity index is 3950. The molecule has 13 rings (SSSR count). The first-order valence-corrected chi connectivity index (χ1v) is 25.5. The number of aromatic nitrogens is 2. The molecule has 0 spiro atoms. The molecule has 0 N–H and O–H groups in total. The topological polar surface area (TPSA) is 33.5 Å². The van der Waals surface area contributed by atoms with Gasteiger partial charge in [0.05, 0.1) is 33.8 Å². The van der Waals surface area contributed by atoms with Crippen molar-refractivity contribution in [3.8, 4) is 73.1 Å². The van der Waals surface area contributed by atoms with Crippen molar-refractivity contribution in [1.29, 1.82) is 0 Å². The number of nitrogens with zero attached hydrogens (tertiary/aromatic N) is 4.